The Hall–Kier alpha value is -2.33. The van der Waals surface area contributed by atoms with Gasteiger partial charge in [0, 0.05) is 11.1 Å². The fraction of sp³-hybridized carbons (Fsp3) is 0.118. The number of hydrogen-bond donors (Lipinski definition) is 0. The van der Waals surface area contributed by atoms with Gasteiger partial charge >= 0.3 is 0 Å². The topological polar surface area (TPSA) is 31.4 Å². The molecule has 2 heterocycles. The van der Waals surface area contributed by atoms with Gasteiger partial charge in [0.25, 0.3) is 0 Å². The van der Waals surface area contributed by atoms with Crippen LogP contribution in [0.25, 0.3) is 21.0 Å². The van der Waals surface area contributed by atoms with Gasteiger partial charge in [-0.25, -0.2) is 0 Å². The Labute approximate surface area is 127 Å². The first-order chi connectivity index (χ1) is 10.3. The molecule has 0 radical (unpaired) electrons. The second-order valence-corrected chi connectivity index (χ2v) is 5.53. The van der Waals surface area contributed by atoms with E-state index in [2.05, 4.69) is 17.1 Å². The number of pyridine rings is 1. The van der Waals surface area contributed by atoms with Crippen molar-refractivity contribution in [3.63, 3.8) is 0 Å². The lowest BCUT2D eigenvalue weighted by molar-refractivity contribution is 0.355. The van der Waals surface area contributed by atoms with E-state index in [9.17, 15) is 0 Å². The highest BCUT2D eigenvalue weighted by Crippen LogP contribution is 2.37. The molecular formula is C17H15NO2S. The molecule has 0 unspecified atom stereocenters. The quantitative estimate of drug-likeness (QED) is 0.711. The van der Waals surface area contributed by atoms with Crippen molar-refractivity contribution in [2.24, 2.45) is 0 Å². The minimum atomic E-state index is 0.739. The maximum atomic E-state index is 5.36. The second kappa shape index (κ2) is 5.97. The number of nitrogens with zero attached hydrogens (tertiary/aromatic N) is 1. The van der Waals surface area contributed by atoms with Crippen molar-refractivity contribution in [3.8, 4) is 32.5 Å². The molecule has 0 spiro atoms. The van der Waals surface area contributed by atoms with Gasteiger partial charge in [-0.2, -0.15) is 0 Å². The highest BCUT2D eigenvalue weighted by molar-refractivity contribution is 7.18. The Kier molecular flexibility index (Phi) is 3.88. The zero-order valence-corrected chi connectivity index (χ0v) is 12.7. The molecule has 4 heteroatoms. The minimum absolute atomic E-state index is 0.739. The van der Waals surface area contributed by atoms with Crippen LogP contribution in [0.4, 0.5) is 0 Å². The van der Waals surface area contributed by atoms with Crippen molar-refractivity contribution < 1.29 is 9.47 Å². The summed E-state index contributed by atoms with van der Waals surface area (Å²) in [5, 5.41) is 0. The van der Waals surface area contributed by atoms with Crippen LogP contribution >= 0.6 is 11.3 Å². The molecule has 0 bridgehead atoms. The Morgan fingerprint density at radius 2 is 1.67 bits per heavy atom. The summed E-state index contributed by atoms with van der Waals surface area (Å²) < 4.78 is 10.6. The fourth-order valence-corrected chi connectivity index (χ4v) is 3.11. The Morgan fingerprint density at radius 3 is 2.38 bits per heavy atom. The number of hydrogen-bond acceptors (Lipinski definition) is 4. The first-order valence-corrected chi connectivity index (χ1v) is 7.37. The lowest BCUT2D eigenvalue weighted by Gasteiger charge is -2.08. The van der Waals surface area contributed by atoms with Crippen LogP contribution in [0.3, 0.4) is 0 Å². The average molecular weight is 297 g/mol. The van der Waals surface area contributed by atoms with Gasteiger partial charge in [-0.15, -0.1) is 11.3 Å². The summed E-state index contributed by atoms with van der Waals surface area (Å²) in [5.74, 6) is 1.48. The molecule has 0 fully saturated rings. The molecule has 0 saturated heterocycles. The van der Waals surface area contributed by atoms with E-state index in [0.29, 0.717) is 0 Å². The smallest absolute Gasteiger partial charge is 0.161 e. The van der Waals surface area contributed by atoms with E-state index >= 15 is 0 Å². The van der Waals surface area contributed by atoms with Crippen molar-refractivity contribution in [1.82, 2.24) is 4.98 Å². The van der Waals surface area contributed by atoms with E-state index in [1.165, 1.54) is 4.88 Å². The normalized spacial score (nSPS) is 10.4. The van der Waals surface area contributed by atoms with E-state index in [1.807, 2.05) is 42.6 Å². The summed E-state index contributed by atoms with van der Waals surface area (Å²) in [6.45, 7) is 0. The van der Waals surface area contributed by atoms with Crippen LogP contribution in [0.2, 0.25) is 0 Å². The molecule has 0 atom stereocenters. The van der Waals surface area contributed by atoms with Crippen LogP contribution in [0.5, 0.6) is 11.5 Å². The standard InChI is InChI=1S/C17H15NO2S/c1-19-14-7-6-12(11-15(14)20-2)16-8-9-17(21-16)13-5-3-4-10-18-13/h3-11H,1-2H3. The third kappa shape index (κ3) is 2.76. The van der Waals surface area contributed by atoms with Gasteiger partial charge in [0.15, 0.2) is 11.5 Å². The molecule has 0 aliphatic heterocycles. The molecule has 21 heavy (non-hydrogen) atoms. The van der Waals surface area contributed by atoms with E-state index in [4.69, 9.17) is 9.47 Å². The van der Waals surface area contributed by atoms with Gasteiger partial charge in [0.2, 0.25) is 0 Å². The summed E-state index contributed by atoms with van der Waals surface area (Å²) in [6.07, 6.45) is 1.81. The van der Waals surface area contributed by atoms with Gasteiger partial charge in [-0.1, -0.05) is 6.07 Å². The molecular weight excluding hydrogens is 282 g/mol. The first-order valence-electron chi connectivity index (χ1n) is 6.55. The highest BCUT2D eigenvalue weighted by Gasteiger charge is 2.09. The van der Waals surface area contributed by atoms with Crippen LogP contribution in [0.15, 0.2) is 54.7 Å². The van der Waals surface area contributed by atoms with E-state index in [1.54, 1.807) is 25.6 Å². The summed E-state index contributed by atoms with van der Waals surface area (Å²) in [6, 6.07) is 16.1. The van der Waals surface area contributed by atoms with Crippen molar-refractivity contribution in [2.75, 3.05) is 14.2 Å². The fourth-order valence-electron chi connectivity index (χ4n) is 2.13. The molecule has 3 aromatic rings. The third-order valence-electron chi connectivity index (χ3n) is 3.19. The zero-order chi connectivity index (χ0) is 14.7. The molecule has 106 valence electrons. The molecule has 1 aromatic carbocycles. The average Bonchev–Trinajstić information content (AvgIpc) is 3.05. The van der Waals surface area contributed by atoms with Crippen LogP contribution in [-0.2, 0) is 0 Å². The lowest BCUT2D eigenvalue weighted by atomic mass is 10.1. The predicted molar refractivity (Wildman–Crippen MR) is 86.1 cm³/mol. The molecule has 0 amide bonds. The second-order valence-electron chi connectivity index (χ2n) is 4.45. The van der Waals surface area contributed by atoms with Gasteiger partial charge in [-0.05, 0) is 48.0 Å². The van der Waals surface area contributed by atoms with Gasteiger partial charge < -0.3 is 9.47 Å². The zero-order valence-electron chi connectivity index (χ0n) is 11.9. The lowest BCUT2D eigenvalue weighted by Crippen LogP contribution is -1.90. The number of thiophene rings is 1. The first kappa shape index (κ1) is 13.6. The van der Waals surface area contributed by atoms with E-state index in [-0.39, 0.29) is 0 Å². The number of aromatic nitrogens is 1. The summed E-state index contributed by atoms with van der Waals surface area (Å²) in [7, 11) is 3.29. The van der Waals surface area contributed by atoms with Crippen molar-refractivity contribution in [3.05, 3.63) is 54.7 Å². The maximum Gasteiger partial charge on any atom is 0.161 e. The Balaban J connectivity index is 1.97. The maximum absolute atomic E-state index is 5.36. The largest absolute Gasteiger partial charge is 0.493 e. The molecule has 2 aromatic heterocycles. The monoisotopic (exact) mass is 297 g/mol. The molecule has 0 aliphatic carbocycles. The van der Waals surface area contributed by atoms with Crippen molar-refractivity contribution in [2.45, 2.75) is 0 Å². The van der Waals surface area contributed by atoms with Crippen molar-refractivity contribution >= 4 is 11.3 Å². The Bertz CT molecular complexity index is 738. The van der Waals surface area contributed by atoms with Gasteiger partial charge in [0.1, 0.15) is 0 Å². The SMILES string of the molecule is COc1ccc(-c2ccc(-c3ccccn3)s2)cc1OC. The van der Waals surface area contributed by atoms with Gasteiger partial charge in [-0.3, -0.25) is 4.98 Å². The number of methoxy groups -OCH3 is 2. The Morgan fingerprint density at radius 1 is 0.857 bits per heavy atom. The summed E-state index contributed by atoms with van der Waals surface area (Å²) in [5.41, 5.74) is 2.11. The molecule has 0 N–H and O–H groups in total. The van der Waals surface area contributed by atoms with Crippen molar-refractivity contribution in [1.29, 1.82) is 0 Å². The molecule has 3 nitrogen and oxygen atoms in total. The van der Waals surface area contributed by atoms with E-state index < -0.39 is 0 Å². The summed E-state index contributed by atoms with van der Waals surface area (Å²) >= 11 is 1.71. The van der Waals surface area contributed by atoms with Crippen LogP contribution in [0, 0.1) is 0 Å². The van der Waals surface area contributed by atoms with E-state index in [0.717, 1.165) is 27.6 Å². The molecule has 3 rings (SSSR count). The van der Waals surface area contributed by atoms with Crippen LogP contribution < -0.4 is 9.47 Å². The highest BCUT2D eigenvalue weighted by atomic mass is 32.1. The summed E-state index contributed by atoms with van der Waals surface area (Å²) in [4.78, 5) is 6.71. The van der Waals surface area contributed by atoms with Crippen LogP contribution in [0.1, 0.15) is 0 Å². The van der Waals surface area contributed by atoms with Gasteiger partial charge in [0.05, 0.1) is 24.8 Å². The van der Waals surface area contributed by atoms with Crippen LogP contribution in [-0.4, -0.2) is 19.2 Å². The third-order valence-corrected chi connectivity index (χ3v) is 4.35. The molecule has 0 saturated carbocycles. The number of ether oxygens (including phenoxy) is 2. The number of rotatable bonds is 4. The molecule has 0 aliphatic rings. The predicted octanol–water partition coefficient (Wildman–Crippen LogP) is 4.49. The minimum Gasteiger partial charge on any atom is -0.493 e. The number of benzene rings is 1.